The SMILES string of the molecule is O=C(CCOCCn1cc(C(F)(F)F)c2c(=O)[nH]ncc21)N1CC[C@H]2[C@@H]1CCN2c1ncc(C(F)(F)F)cn1. The number of likely N-dealkylation sites (tertiary alicyclic amines) is 1. The Morgan fingerprint density at radius 1 is 1.00 bits per heavy atom. The number of hydrogen-bond donors (Lipinski definition) is 1. The molecule has 2 aliphatic heterocycles. The molecule has 210 valence electrons. The monoisotopic (exact) mass is 559 g/mol. The Bertz CT molecular complexity index is 1400. The Kier molecular flexibility index (Phi) is 6.99. The van der Waals surface area contributed by atoms with Crippen LogP contribution in [-0.2, 0) is 28.4 Å². The molecule has 3 aromatic rings. The van der Waals surface area contributed by atoms with E-state index in [1.165, 1.54) is 4.57 Å². The highest BCUT2D eigenvalue weighted by Crippen LogP contribution is 2.36. The molecule has 0 aromatic carbocycles. The Morgan fingerprint density at radius 3 is 2.41 bits per heavy atom. The smallest absolute Gasteiger partial charge is 0.379 e. The molecule has 0 saturated carbocycles. The summed E-state index contributed by atoms with van der Waals surface area (Å²) in [4.78, 5) is 36.1. The second-order valence-corrected chi connectivity index (χ2v) is 9.32. The summed E-state index contributed by atoms with van der Waals surface area (Å²) in [6.45, 7) is 1.04. The standard InChI is InChI=1S/C23H23F6N7O3/c24-22(25,26)13-9-30-21(31-10-13)36-5-2-15-16(36)1-4-35(15)18(37)3-7-39-8-6-34-12-14(23(27,28)29)19-17(34)11-32-33-20(19)38/h9-12,15-16H,1-8H2,(H,33,38)/t15-,16-/m0/s1. The van der Waals surface area contributed by atoms with Crippen molar-refractivity contribution in [2.45, 2.75) is 50.2 Å². The number of rotatable bonds is 7. The molecule has 2 aliphatic rings. The zero-order valence-corrected chi connectivity index (χ0v) is 20.3. The molecule has 5 rings (SSSR count). The third-order valence-electron chi connectivity index (χ3n) is 7.06. The summed E-state index contributed by atoms with van der Waals surface area (Å²) in [6.07, 6.45) is -4.46. The second-order valence-electron chi connectivity index (χ2n) is 9.32. The van der Waals surface area contributed by atoms with Crippen molar-refractivity contribution in [1.82, 2.24) is 29.6 Å². The first-order valence-electron chi connectivity index (χ1n) is 12.1. The average molecular weight is 559 g/mol. The molecule has 2 atom stereocenters. The molecular formula is C23H23F6N7O3. The van der Waals surface area contributed by atoms with Gasteiger partial charge in [-0.1, -0.05) is 0 Å². The number of nitrogens with one attached hydrogen (secondary N) is 1. The number of fused-ring (bicyclic) bond motifs is 2. The van der Waals surface area contributed by atoms with E-state index in [0.29, 0.717) is 25.9 Å². The van der Waals surface area contributed by atoms with Gasteiger partial charge in [-0.2, -0.15) is 31.4 Å². The van der Waals surface area contributed by atoms with Crippen LogP contribution in [0.3, 0.4) is 0 Å². The number of amides is 1. The lowest BCUT2D eigenvalue weighted by atomic mass is 10.1. The third kappa shape index (κ3) is 5.29. The van der Waals surface area contributed by atoms with Crippen LogP contribution >= 0.6 is 0 Å². The minimum absolute atomic E-state index is 0.00620. The fourth-order valence-electron chi connectivity index (χ4n) is 5.28. The van der Waals surface area contributed by atoms with Crippen LogP contribution in [0.4, 0.5) is 32.3 Å². The summed E-state index contributed by atoms with van der Waals surface area (Å²) in [5, 5.41) is 5.08. The van der Waals surface area contributed by atoms with E-state index in [1.54, 1.807) is 4.90 Å². The van der Waals surface area contributed by atoms with Crippen molar-refractivity contribution >= 4 is 22.8 Å². The summed E-state index contributed by atoms with van der Waals surface area (Å²) >= 11 is 0. The molecule has 2 saturated heterocycles. The van der Waals surface area contributed by atoms with Crippen LogP contribution in [0.2, 0.25) is 0 Å². The van der Waals surface area contributed by atoms with E-state index >= 15 is 0 Å². The molecule has 0 radical (unpaired) electrons. The van der Waals surface area contributed by atoms with Gasteiger partial charge in [-0.05, 0) is 12.8 Å². The summed E-state index contributed by atoms with van der Waals surface area (Å²) in [5.41, 5.74) is -2.91. The minimum Gasteiger partial charge on any atom is -0.379 e. The number of ether oxygens (including phenoxy) is 1. The van der Waals surface area contributed by atoms with Crippen molar-refractivity contribution in [3.63, 3.8) is 0 Å². The first-order chi connectivity index (χ1) is 18.4. The predicted molar refractivity (Wildman–Crippen MR) is 124 cm³/mol. The van der Waals surface area contributed by atoms with Crippen LogP contribution in [-0.4, -0.2) is 73.9 Å². The number of carbonyl (C=O) groups is 1. The maximum atomic E-state index is 13.4. The number of nitrogens with zero attached hydrogens (tertiary/aromatic N) is 6. The van der Waals surface area contributed by atoms with Crippen molar-refractivity contribution in [2.75, 3.05) is 31.2 Å². The number of carbonyl (C=O) groups excluding carboxylic acids is 1. The summed E-state index contributed by atoms with van der Waals surface area (Å²) in [7, 11) is 0. The van der Waals surface area contributed by atoms with Crippen LogP contribution < -0.4 is 10.5 Å². The molecule has 16 heteroatoms. The van der Waals surface area contributed by atoms with Gasteiger partial charge in [-0.15, -0.1) is 0 Å². The highest BCUT2D eigenvalue weighted by Gasteiger charge is 2.45. The Labute approximate surface area is 216 Å². The van der Waals surface area contributed by atoms with Crippen LogP contribution in [0.5, 0.6) is 0 Å². The first kappa shape index (κ1) is 26.9. The van der Waals surface area contributed by atoms with E-state index in [2.05, 4.69) is 15.1 Å². The van der Waals surface area contributed by atoms with Gasteiger partial charge >= 0.3 is 12.4 Å². The quantitative estimate of drug-likeness (QED) is 0.350. The van der Waals surface area contributed by atoms with Gasteiger partial charge in [0, 0.05) is 38.2 Å². The van der Waals surface area contributed by atoms with Gasteiger partial charge in [0.05, 0.1) is 59.9 Å². The Balaban J connectivity index is 1.13. The first-order valence-corrected chi connectivity index (χ1v) is 12.1. The molecule has 1 amide bonds. The maximum Gasteiger partial charge on any atom is 0.419 e. The van der Waals surface area contributed by atoms with Crippen LogP contribution in [0.1, 0.15) is 30.4 Å². The summed E-state index contributed by atoms with van der Waals surface area (Å²) < 4.78 is 85.2. The second kappa shape index (κ2) is 10.1. The average Bonchev–Trinajstić information content (AvgIpc) is 3.57. The van der Waals surface area contributed by atoms with Crippen molar-refractivity contribution in [3.8, 4) is 0 Å². The molecule has 5 heterocycles. The molecule has 2 fully saturated rings. The number of aromatic amines is 1. The summed E-state index contributed by atoms with van der Waals surface area (Å²) in [6, 6.07) is -0.228. The molecule has 1 N–H and O–H groups in total. The lowest BCUT2D eigenvalue weighted by molar-refractivity contribution is -0.138. The van der Waals surface area contributed by atoms with E-state index in [9.17, 15) is 35.9 Å². The number of aromatic nitrogens is 5. The highest BCUT2D eigenvalue weighted by atomic mass is 19.4. The number of alkyl halides is 6. The van der Waals surface area contributed by atoms with Gasteiger partial charge in [0.1, 0.15) is 0 Å². The lowest BCUT2D eigenvalue weighted by Gasteiger charge is -2.25. The predicted octanol–water partition coefficient (Wildman–Crippen LogP) is 2.84. The fourth-order valence-corrected chi connectivity index (χ4v) is 5.28. The molecule has 39 heavy (non-hydrogen) atoms. The largest absolute Gasteiger partial charge is 0.419 e. The van der Waals surface area contributed by atoms with E-state index in [1.807, 2.05) is 10.00 Å². The number of hydrogen-bond acceptors (Lipinski definition) is 7. The fraction of sp³-hybridized carbons (Fsp3) is 0.522. The van der Waals surface area contributed by atoms with Gasteiger partial charge in [0.25, 0.3) is 5.56 Å². The van der Waals surface area contributed by atoms with Gasteiger partial charge in [0.2, 0.25) is 11.9 Å². The normalized spacial score (nSPS) is 19.7. The zero-order chi connectivity index (χ0) is 27.9. The Hall–Kier alpha value is -3.69. The van der Waals surface area contributed by atoms with E-state index in [4.69, 9.17) is 4.74 Å². The van der Waals surface area contributed by atoms with Crippen molar-refractivity contribution in [1.29, 1.82) is 0 Å². The van der Waals surface area contributed by atoms with E-state index in [0.717, 1.165) is 24.8 Å². The number of halogens is 6. The molecule has 0 unspecified atom stereocenters. The molecular weight excluding hydrogens is 536 g/mol. The van der Waals surface area contributed by atoms with Crippen molar-refractivity contribution < 1.29 is 35.9 Å². The van der Waals surface area contributed by atoms with E-state index < -0.39 is 34.4 Å². The van der Waals surface area contributed by atoms with Gasteiger partial charge in [0.15, 0.2) is 0 Å². The molecule has 0 spiro atoms. The Morgan fingerprint density at radius 2 is 1.72 bits per heavy atom. The van der Waals surface area contributed by atoms with Gasteiger partial charge in [-0.3, -0.25) is 9.59 Å². The van der Waals surface area contributed by atoms with E-state index in [-0.39, 0.29) is 55.6 Å². The highest BCUT2D eigenvalue weighted by molar-refractivity contribution is 5.82. The third-order valence-corrected chi connectivity index (χ3v) is 7.06. The zero-order valence-electron chi connectivity index (χ0n) is 20.3. The van der Waals surface area contributed by atoms with Gasteiger partial charge in [-0.25, -0.2) is 15.1 Å². The molecule has 0 bridgehead atoms. The van der Waals surface area contributed by atoms with Crippen LogP contribution in [0.25, 0.3) is 10.9 Å². The maximum absolute atomic E-state index is 13.4. The van der Waals surface area contributed by atoms with Crippen LogP contribution in [0.15, 0.2) is 29.6 Å². The topological polar surface area (TPSA) is 109 Å². The number of H-pyrrole nitrogens is 1. The summed E-state index contributed by atoms with van der Waals surface area (Å²) in [5.74, 6) is 0.0377. The minimum atomic E-state index is -4.72. The molecule has 10 nitrogen and oxygen atoms in total. The molecule has 0 aliphatic carbocycles. The lowest BCUT2D eigenvalue weighted by Crippen LogP contribution is -2.40. The van der Waals surface area contributed by atoms with Gasteiger partial charge < -0.3 is 19.1 Å². The van der Waals surface area contributed by atoms with Crippen LogP contribution in [0, 0.1) is 0 Å². The van der Waals surface area contributed by atoms with Crippen molar-refractivity contribution in [3.05, 3.63) is 46.3 Å². The van der Waals surface area contributed by atoms with Crippen molar-refractivity contribution in [2.24, 2.45) is 0 Å². The molecule has 3 aromatic heterocycles. The number of anilines is 1.